The van der Waals surface area contributed by atoms with E-state index in [4.69, 9.17) is 5.11 Å². The van der Waals surface area contributed by atoms with Crippen molar-refractivity contribution in [2.24, 2.45) is 5.92 Å². The number of carboxylic acids is 1. The molecule has 5 nitrogen and oxygen atoms in total. The summed E-state index contributed by atoms with van der Waals surface area (Å²) in [5, 5.41) is 12.5. The van der Waals surface area contributed by atoms with Crippen molar-refractivity contribution in [1.82, 2.24) is 10.3 Å². The third kappa shape index (κ3) is 3.33. The minimum atomic E-state index is -0.917. The van der Waals surface area contributed by atoms with Gasteiger partial charge < -0.3 is 10.4 Å². The molecule has 1 fully saturated rings. The Hall–Kier alpha value is -2.43. The average molecular weight is 312 g/mol. The summed E-state index contributed by atoms with van der Waals surface area (Å²) in [5.74, 6) is -1.32. The van der Waals surface area contributed by atoms with Crippen LogP contribution in [0.1, 0.15) is 47.3 Å². The fourth-order valence-corrected chi connectivity index (χ4v) is 2.56. The van der Waals surface area contributed by atoms with Gasteiger partial charge in [-0.25, -0.2) is 0 Å². The van der Waals surface area contributed by atoms with Crippen LogP contribution in [0.15, 0.2) is 24.3 Å². The number of carboxylic acid groups (broad SMARTS) is 1. The fourth-order valence-electron chi connectivity index (χ4n) is 2.56. The zero-order chi connectivity index (χ0) is 16.6. The second-order valence-corrected chi connectivity index (χ2v) is 6.34. The molecule has 0 bridgehead atoms. The van der Waals surface area contributed by atoms with Gasteiger partial charge in [0.05, 0.1) is 17.0 Å². The summed E-state index contributed by atoms with van der Waals surface area (Å²) >= 11 is 0. The van der Waals surface area contributed by atoms with Crippen molar-refractivity contribution in [1.29, 1.82) is 0 Å². The Balaban J connectivity index is 1.95. The predicted octanol–water partition coefficient (Wildman–Crippen LogP) is 2.87. The highest BCUT2D eigenvalue weighted by Crippen LogP contribution is 2.40. The van der Waals surface area contributed by atoms with Crippen LogP contribution in [0.2, 0.25) is 0 Å². The Morgan fingerprint density at radius 3 is 2.74 bits per heavy atom. The molecular formula is C18H20N2O3. The molecule has 1 aliphatic carbocycles. The van der Waals surface area contributed by atoms with E-state index >= 15 is 0 Å². The number of carbonyl (C=O) groups excluding carboxylic acids is 1. The number of aromatic nitrogens is 1. The third-order valence-corrected chi connectivity index (χ3v) is 4.21. The standard InChI is InChI=1S/C18H20N2O3/c1-10-3-6-15-13(7-10)14(8-16(20-15)12-4-5-12)17(21)19-9-11(2)18(22)23/h3,6-8,11-12H,4-5,9H2,1-2H3,(H,19,21)(H,22,23). The molecule has 0 aliphatic heterocycles. The van der Waals surface area contributed by atoms with E-state index in [1.807, 2.05) is 31.2 Å². The number of nitrogens with zero attached hydrogens (tertiary/aromatic N) is 1. The summed E-state index contributed by atoms with van der Waals surface area (Å²) in [6.45, 7) is 3.66. The van der Waals surface area contributed by atoms with Gasteiger partial charge in [-0.15, -0.1) is 0 Å². The van der Waals surface area contributed by atoms with E-state index in [0.717, 1.165) is 35.0 Å². The highest BCUT2D eigenvalue weighted by molar-refractivity contribution is 6.06. The zero-order valence-electron chi connectivity index (χ0n) is 13.3. The molecule has 0 spiro atoms. The Morgan fingerprint density at radius 1 is 1.35 bits per heavy atom. The lowest BCUT2D eigenvalue weighted by atomic mass is 10.0. The number of nitrogens with one attached hydrogen (secondary N) is 1. The van der Waals surface area contributed by atoms with Crippen LogP contribution in [0, 0.1) is 12.8 Å². The van der Waals surface area contributed by atoms with Crippen molar-refractivity contribution in [3.63, 3.8) is 0 Å². The number of rotatable bonds is 5. The van der Waals surface area contributed by atoms with E-state index in [0.29, 0.717) is 11.5 Å². The Morgan fingerprint density at radius 2 is 2.09 bits per heavy atom. The smallest absolute Gasteiger partial charge is 0.308 e. The molecule has 1 heterocycles. The number of aryl methyl sites for hydroxylation is 1. The number of amides is 1. The zero-order valence-corrected chi connectivity index (χ0v) is 13.3. The minimum Gasteiger partial charge on any atom is -0.481 e. The second kappa shape index (κ2) is 5.99. The summed E-state index contributed by atoms with van der Waals surface area (Å²) in [7, 11) is 0. The van der Waals surface area contributed by atoms with Crippen LogP contribution in [-0.2, 0) is 4.79 Å². The number of carbonyl (C=O) groups is 2. The maximum Gasteiger partial charge on any atom is 0.308 e. The Kier molecular flexibility index (Phi) is 4.03. The van der Waals surface area contributed by atoms with Crippen LogP contribution >= 0.6 is 0 Å². The molecule has 3 rings (SSSR count). The number of hydrogen-bond acceptors (Lipinski definition) is 3. The minimum absolute atomic E-state index is 0.114. The van der Waals surface area contributed by atoms with Gasteiger partial charge in [-0.05, 0) is 38.0 Å². The van der Waals surface area contributed by atoms with Crippen molar-refractivity contribution in [3.05, 3.63) is 41.1 Å². The lowest BCUT2D eigenvalue weighted by Crippen LogP contribution is -2.31. The van der Waals surface area contributed by atoms with E-state index in [2.05, 4.69) is 10.3 Å². The van der Waals surface area contributed by atoms with Crippen molar-refractivity contribution in [2.75, 3.05) is 6.54 Å². The molecule has 1 unspecified atom stereocenters. The van der Waals surface area contributed by atoms with Crippen LogP contribution in [0.25, 0.3) is 10.9 Å². The number of pyridine rings is 1. The van der Waals surface area contributed by atoms with Gasteiger partial charge in [0, 0.05) is 23.5 Å². The second-order valence-electron chi connectivity index (χ2n) is 6.34. The molecule has 2 N–H and O–H groups in total. The van der Waals surface area contributed by atoms with Gasteiger partial charge >= 0.3 is 5.97 Å². The molecule has 0 saturated heterocycles. The van der Waals surface area contributed by atoms with Crippen LogP contribution < -0.4 is 5.32 Å². The lowest BCUT2D eigenvalue weighted by molar-refractivity contribution is -0.140. The van der Waals surface area contributed by atoms with Crippen molar-refractivity contribution >= 4 is 22.8 Å². The highest BCUT2D eigenvalue weighted by Gasteiger charge is 2.27. The summed E-state index contributed by atoms with van der Waals surface area (Å²) in [6, 6.07) is 7.74. The number of aliphatic carboxylic acids is 1. The maximum absolute atomic E-state index is 12.6. The van der Waals surface area contributed by atoms with Crippen molar-refractivity contribution < 1.29 is 14.7 Å². The lowest BCUT2D eigenvalue weighted by Gasteiger charge is -2.12. The molecular weight excluding hydrogens is 292 g/mol. The molecule has 23 heavy (non-hydrogen) atoms. The molecule has 1 aromatic carbocycles. The first-order chi connectivity index (χ1) is 11.0. The van der Waals surface area contributed by atoms with E-state index in [-0.39, 0.29) is 12.5 Å². The summed E-state index contributed by atoms with van der Waals surface area (Å²) < 4.78 is 0. The third-order valence-electron chi connectivity index (χ3n) is 4.21. The molecule has 1 aromatic heterocycles. The summed E-state index contributed by atoms with van der Waals surface area (Å²) in [4.78, 5) is 28.1. The van der Waals surface area contributed by atoms with Crippen LogP contribution in [0.4, 0.5) is 0 Å². The molecule has 120 valence electrons. The van der Waals surface area contributed by atoms with E-state index in [1.54, 1.807) is 6.92 Å². The van der Waals surface area contributed by atoms with Crippen molar-refractivity contribution in [2.45, 2.75) is 32.6 Å². The fraction of sp³-hybridized carbons (Fsp3) is 0.389. The molecule has 1 atom stereocenters. The number of hydrogen-bond donors (Lipinski definition) is 2. The summed E-state index contributed by atoms with van der Waals surface area (Å²) in [5.41, 5.74) is 3.42. The average Bonchev–Trinajstić information content (AvgIpc) is 3.35. The Labute approximate surface area is 134 Å². The SMILES string of the molecule is Cc1ccc2nc(C3CC3)cc(C(=O)NCC(C)C(=O)O)c2c1. The van der Waals surface area contributed by atoms with E-state index < -0.39 is 11.9 Å². The van der Waals surface area contributed by atoms with Crippen LogP contribution in [0.5, 0.6) is 0 Å². The van der Waals surface area contributed by atoms with E-state index in [1.165, 1.54) is 0 Å². The molecule has 0 radical (unpaired) electrons. The Bertz CT molecular complexity index is 781. The van der Waals surface area contributed by atoms with Gasteiger partial charge in [0.1, 0.15) is 0 Å². The molecule has 2 aromatic rings. The van der Waals surface area contributed by atoms with Crippen LogP contribution in [0.3, 0.4) is 0 Å². The number of benzene rings is 1. The maximum atomic E-state index is 12.6. The molecule has 5 heteroatoms. The first-order valence-electron chi connectivity index (χ1n) is 7.88. The molecule has 1 aliphatic rings. The normalized spacial score (nSPS) is 15.4. The van der Waals surface area contributed by atoms with Gasteiger partial charge in [-0.2, -0.15) is 0 Å². The largest absolute Gasteiger partial charge is 0.481 e. The van der Waals surface area contributed by atoms with Gasteiger partial charge in [-0.1, -0.05) is 18.6 Å². The van der Waals surface area contributed by atoms with Gasteiger partial charge in [-0.3, -0.25) is 14.6 Å². The monoisotopic (exact) mass is 312 g/mol. The molecule has 1 saturated carbocycles. The highest BCUT2D eigenvalue weighted by atomic mass is 16.4. The first-order valence-corrected chi connectivity index (χ1v) is 7.88. The predicted molar refractivity (Wildman–Crippen MR) is 87.6 cm³/mol. The topological polar surface area (TPSA) is 79.3 Å². The van der Waals surface area contributed by atoms with E-state index in [9.17, 15) is 9.59 Å². The van der Waals surface area contributed by atoms with Gasteiger partial charge in [0.25, 0.3) is 5.91 Å². The summed E-state index contributed by atoms with van der Waals surface area (Å²) in [6.07, 6.45) is 2.23. The van der Waals surface area contributed by atoms with Gasteiger partial charge in [0.15, 0.2) is 0 Å². The quantitative estimate of drug-likeness (QED) is 0.889. The van der Waals surface area contributed by atoms with Crippen LogP contribution in [-0.4, -0.2) is 28.5 Å². The molecule has 1 amide bonds. The van der Waals surface area contributed by atoms with Gasteiger partial charge in [0.2, 0.25) is 0 Å². The number of fused-ring (bicyclic) bond motifs is 1. The first kappa shape index (κ1) is 15.5. The van der Waals surface area contributed by atoms with Crippen molar-refractivity contribution in [3.8, 4) is 0 Å².